The number of rotatable bonds is 3. The van der Waals surface area contributed by atoms with Gasteiger partial charge in [-0.25, -0.2) is 0 Å². The van der Waals surface area contributed by atoms with E-state index in [1.54, 1.807) is 6.92 Å². The normalized spacial score (nSPS) is 20.7. The van der Waals surface area contributed by atoms with E-state index in [4.69, 9.17) is 0 Å². The van der Waals surface area contributed by atoms with Crippen LogP contribution in [0.15, 0.2) is 0 Å². The third-order valence-corrected chi connectivity index (χ3v) is 2.85. The van der Waals surface area contributed by atoms with E-state index < -0.39 is 0 Å². The zero-order valence-electron chi connectivity index (χ0n) is 9.68. The van der Waals surface area contributed by atoms with Gasteiger partial charge < -0.3 is 10.2 Å². The van der Waals surface area contributed by atoms with Crippen LogP contribution in [0.4, 0.5) is 0 Å². The summed E-state index contributed by atoms with van der Waals surface area (Å²) in [5.41, 5.74) is 0. The first kappa shape index (κ1) is 12.1. The monoisotopic (exact) mass is 208 g/mol. The first-order valence-corrected chi connectivity index (χ1v) is 5.67. The number of likely N-dealkylation sites (tertiary alicyclic amines) is 1. The van der Waals surface area contributed by atoms with Crippen molar-refractivity contribution >= 4 is 5.91 Å². The number of nitrogens with zero attached hydrogens (tertiary/aromatic N) is 1. The third kappa shape index (κ3) is 3.56. The van der Waals surface area contributed by atoms with E-state index in [1.165, 1.54) is 6.42 Å². The molecule has 1 amide bonds. The van der Waals surface area contributed by atoms with E-state index in [0.29, 0.717) is 6.04 Å². The number of nitrogens with one attached hydrogen (secondary N) is 1. The lowest BCUT2D eigenvalue weighted by atomic mass is 9.99. The zero-order valence-corrected chi connectivity index (χ0v) is 9.68. The highest BCUT2D eigenvalue weighted by Gasteiger charge is 2.24. The molecule has 3 nitrogen and oxygen atoms in total. The number of carbonyl (C=O) groups is 1. The highest BCUT2D eigenvalue weighted by Crippen LogP contribution is 2.19. The fourth-order valence-electron chi connectivity index (χ4n) is 2.06. The van der Waals surface area contributed by atoms with Crippen LogP contribution < -0.4 is 5.32 Å². The van der Waals surface area contributed by atoms with Crippen molar-refractivity contribution in [1.82, 2.24) is 10.2 Å². The van der Waals surface area contributed by atoms with Crippen LogP contribution >= 0.6 is 0 Å². The third-order valence-electron chi connectivity index (χ3n) is 2.85. The number of carbonyl (C=O) groups excluding carboxylic acids is 1. The van der Waals surface area contributed by atoms with Gasteiger partial charge in [0.1, 0.15) is 0 Å². The Morgan fingerprint density at radius 3 is 3.00 bits per heavy atom. The Labute approximate surface area is 92.2 Å². The van der Waals surface area contributed by atoms with Crippen LogP contribution in [-0.2, 0) is 4.79 Å². The minimum atomic E-state index is -0.00157. The van der Waals surface area contributed by atoms with Gasteiger partial charge in [0.15, 0.2) is 0 Å². The zero-order chi connectivity index (χ0) is 11.1. The highest BCUT2D eigenvalue weighted by atomic mass is 16.2. The smallest absolute Gasteiger partial charge is 0.298 e. The van der Waals surface area contributed by atoms with Gasteiger partial charge in [-0.2, -0.15) is 0 Å². The Kier molecular flexibility index (Phi) is 5.20. The summed E-state index contributed by atoms with van der Waals surface area (Å²) in [6.45, 7) is 3.56. The molecule has 0 aromatic rings. The molecule has 1 aliphatic rings. The highest BCUT2D eigenvalue weighted by molar-refractivity contribution is 5.93. The molecule has 0 saturated carbocycles. The van der Waals surface area contributed by atoms with E-state index in [2.05, 4.69) is 17.2 Å². The van der Waals surface area contributed by atoms with Crippen molar-refractivity contribution < 1.29 is 4.79 Å². The lowest BCUT2D eigenvalue weighted by molar-refractivity contribution is -0.128. The maximum atomic E-state index is 11.7. The standard InChI is InChI=1S/C12H20N2O/c1-3-6-12(15)14-10-5-4-7-11(14)8-9-13-2/h11,13H,4-5,7-10H2,1-2H3. The van der Waals surface area contributed by atoms with E-state index in [-0.39, 0.29) is 5.91 Å². The predicted molar refractivity (Wildman–Crippen MR) is 61.3 cm³/mol. The molecule has 0 spiro atoms. The largest absolute Gasteiger partial charge is 0.329 e. The van der Waals surface area contributed by atoms with Gasteiger partial charge >= 0.3 is 0 Å². The van der Waals surface area contributed by atoms with Gasteiger partial charge in [0.25, 0.3) is 5.91 Å². The molecule has 0 radical (unpaired) electrons. The summed E-state index contributed by atoms with van der Waals surface area (Å²) >= 11 is 0. The van der Waals surface area contributed by atoms with E-state index in [0.717, 1.165) is 32.4 Å². The van der Waals surface area contributed by atoms with E-state index >= 15 is 0 Å². The van der Waals surface area contributed by atoms with E-state index in [1.807, 2.05) is 11.9 Å². The SMILES string of the molecule is CC#CC(=O)N1CCCCC1CCNC. The molecule has 0 aromatic carbocycles. The average Bonchev–Trinajstić information content (AvgIpc) is 2.27. The molecule has 1 saturated heterocycles. The van der Waals surface area contributed by atoms with Crippen LogP contribution in [0, 0.1) is 11.8 Å². The van der Waals surface area contributed by atoms with Crippen molar-refractivity contribution in [3.05, 3.63) is 0 Å². The van der Waals surface area contributed by atoms with Crippen LogP contribution in [-0.4, -0.2) is 37.0 Å². The summed E-state index contributed by atoms with van der Waals surface area (Å²) in [5, 5.41) is 3.13. The molecule has 1 rings (SSSR count). The van der Waals surface area contributed by atoms with Crippen molar-refractivity contribution in [1.29, 1.82) is 0 Å². The molecule has 1 atom stereocenters. The van der Waals surface area contributed by atoms with Gasteiger partial charge in [-0.1, -0.05) is 5.92 Å². The summed E-state index contributed by atoms with van der Waals surface area (Å²) in [7, 11) is 1.95. The predicted octanol–water partition coefficient (Wildman–Crippen LogP) is 1.00. The van der Waals surface area contributed by atoms with E-state index in [9.17, 15) is 4.79 Å². The van der Waals surface area contributed by atoms with Gasteiger partial charge in [-0.3, -0.25) is 4.79 Å². The molecule has 0 bridgehead atoms. The number of piperidine rings is 1. The molecule has 0 aromatic heterocycles. The first-order valence-electron chi connectivity index (χ1n) is 5.67. The summed E-state index contributed by atoms with van der Waals surface area (Å²) in [6, 6.07) is 0.388. The van der Waals surface area contributed by atoms with Crippen molar-refractivity contribution in [2.24, 2.45) is 0 Å². The van der Waals surface area contributed by atoms with Crippen molar-refractivity contribution in [3.63, 3.8) is 0 Å². The first-order chi connectivity index (χ1) is 7.29. The van der Waals surface area contributed by atoms with Gasteiger partial charge in [-0.05, 0) is 52.1 Å². The number of hydrogen-bond donors (Lipinski definition) is 1. The van der Waals surface area contributed by atoms with Crippen LogP contribution in [0.3, 0.4) is 0 Å². The summed E-state index contributed by atoms with van der Waals surface area (Å²) in [6.07, 6.45) is 4.51. The van der Waals surface area contributed by atoms with Crippen molar-refractivity contribution in [3.8, 4) is 11.8 Å². The molecule has 1 fully saturated rings. The quantitative estimate of drug-likeness (QED) is 0.702. The Morgan fingerprint density at radius 2 is 2.33 bits per heavy atom. The Hall–Kier alpha value is -1.01. The molecule has 0 aliphatic carbocycles. The maximum absolute atomic E-state index is 11.7. The number of hydrogen-bond acceptors (Lipinski definition) is 2. The molecule has 84 valence electrons. The summed E-state index contributed by atoms with van der Waals surface area (Å²) in [4.78, 5) is 13.6. The molecule has 15 heavy (non-hydrogen) atoms. The van der Waals surface area contributed by atoms with Gasteiger partial charge in [-0.15, -0.1) is 0 Å². The molecule has 1 unspecified atom stereocenters. The van der Waals surface area contributed by atoms with Gasteiger partial charge in [0, 0.05) is 12.6 Å². The second-order valence-corrected chi connectivity index (χ2v) is 3.92. The molecule has 1 N–H and O–H groups in total. The summed E-state index contributed by atoms with van der Waals surface area (Å²) < 4.78 is 0. The maximum Gasteiger partial charge on any atom is 0.298 e. The fourth-order valence-corrected chi connectivity index (χ4v) is 2.06. The second-order valence-electron chi connectivity index (χ2n) is 3.92. The Bertz CT molecular complexity index is 265. The Morgan fingerprint density at radius 1 is 1.53 bits per heavy atom. The fraction of sp³-hybridized carbons (Fsp3) is 0.750. The van der Waals surface area contributed by atoms with Crippen LogP contribution in [0.5, 0.6) is 0 Å². The minimum absolute atomic E-state index is 0.00157. The average molecular weight is 208 g/mol. The van der Waals surface area contributed by atoms with Crippen molar-refractivity contribution in [2.75, 3.05) is 20.1 Å². The second kappa shape index (κ2) is 6.47. The van der Waals surface area contributed by atoms with Gasteiger partial charge in [0.2, 0.25) is 0 Å². The van der Waals surface area contributed by atoms with Crippen LogP contribution in [0.2, 0.25) is 0 Å². The lowest BCUT2D eigenvalue weighted by Crippen LogP contribution is -2.44. The Balaban J connectivity index is 2.55. The molecule has 3 heteroatoms. The topological polar surface area (TPSA) is 32.3 Å². The number of amides is 1. The minimum Gasteiger partial charge on any atom is -0.329 e. The molecule has 1 heterocycles. The van der Waals surface area contributed by atoms with Gasteiger partial charge in [0.05, 0.1) is 0 Å². The molecular formula is C12H20N2O. The molecule has 1 aliphatic heterocycles. The molecular weight excluding hydrogens is 188 g/mol. The van der Waals surface area contributed by atoms with Crippen molar-refractivity contribution in [2.45, 2.75) is 38.6 Å². The van der Waals surface area contributed by atoms with Crippen LogP contribution in [0.25, 0.3) is 0 Å². The summed E-state index contributed by atoms with van der Waals surface area (Å²) in [5.74, 6) is 5.32. The van der Waals surface area contributed by atoms with Crippen LogP contribution in [0.1, 0.15) is 32.6 Å². The lowest BCUT2D eigenvalue weighted by Gasteiger charge is -2.34.